The molecule has 0 saturated carbocycles. The predicted molar refractivity (Wildman–Crippen MR) is 98.6 cm³/mol. The Morgan fingerprint density at radius 2 is 2.25 bits per heavy atom. The number of nitrogens with one attached hydrogen (secondary N) is 1. The number of hydrogen-bond donors (Lipinski definition) is 1. The molecule has 24 heavy (non-hydrogen) atoms. The zero-order valence-electron chi connectivity index (χ0n) is 14.8. The largest absolute Gasteiger partial charge is 0.487 e. The summed E-state index contributed by atoms with van der Waals surface area (Å²) in [5, 5.41) is 2.87. The molecular weight excluding hydrogens is 302 g/mol. The third kappa shape index (κ3) is 5.41. The lowest BCUT2D eigenvalue weighted by atomic mass is 10.0. The van der Waals surface area contributed by atoms with E-state index in [-0.39, 0.29) is 5.91 Å². The summed E-state index contributed by atoms with van der Waals surface area (Å²) in [4.78, 5) is 17.6. The van der Waals surface area contributed by atoms with Crippen LogP contribution in [0.3, 0.4) is 0 Å². The number of fused-ring (bicyclic) bond motifs is 1. The number of benzene rings is 1. The van der Waals surface area contributed by atoms with Crippen molar-refractivity contribution in [1.29, 1.82) is 0 Å². The number of rotatable bonds is 8. The number of nitrogens with zero attached hydrogens (tertiary/aromatic N) is 2. The van der Waals surface area contributed by atoms with Gasteiger partial charge in [-0.3, -0.25) is 9.79 Å². The minimum absolute atomic E-state index is 0.0710. The summed E-state index contributed by atoms with van der Waals surface area (Å²) in [6.07, 6.45) is 4.39. The first-order valence-electron chi connectivity index (χ1n) is 8.41. The minimum atomic E-state index is 0.0710. The Hall–Kier alpha value is -2.30. The first kappa shape index (κ1) is 18.0. The summed E-state index contributed by atoms with van der Waals surface area (Å²) in [6.45, 7) is 9.41. The van der Waals surface area contributed by atoms with Crippen LogP contribution in [0, 0.1) is 5.92 Å². The van der Waals surface area contributed by atoms with Gasteiger partial charge in [0.15, 0.2) is 0 Å². The summed E-state index contributed by atoms with van der Waals surface area (Å²) >= 11 is 0. The van der Waals surface area contributed by atoms with Crippen LogP contribution in [0.25, 0.3) is 0 Å². The van der Waals surface area contributed by atoms with E-state index in [1.165, 1.54) is 0 Å². The van der Waals surface area contributed by atoms with Gasteiger partial charge >= 0.3 is 0 Å². The Balaban J connectivity index is 1.93. The Labute approximate surface area is 144 Å². The monoisotopic (exact) mass is 329 g/mol. The van der Waals surface area contributed by atoms with E-state index < -0.39 is 0 Å². The number of carbonyl (C=O) groups is 1. The van der Waals surface area contributed by atoms with Crippen LogP contribution in [-0.4, -0.2) is 37.7 Å². The molecule has 1 aromatic carbocycles. The average Bonchev–Trinajstić information content (AvgIpc) is 2.56. The van der Waals surface area contributed by atoms with Crippen LogP contribution in [-0.2, 0) is 11.2 Å². The van der Waals surface area contributed by atoms with Gasteiger partial charge in [0.25, 0.3) is 0 Å². The third-order valence-electron chi connectivity index (χ3n) is 3.99. The van der Waals surface area contributed by atoms with E-state index in [2.05, 4.69) is 35.8 Å². The van der Waals surface area contributed by atoms with E-state index in [9.17, 15) is 4.79 Å². The highest BCUT2D eigenvalue weighted by atomic mass is 16.5. The average molecular weight is 329 g/mol. The summed E-state index contributed by atoms with van der Waals surface area (Å²) in [7, 11) is 2.04. The molecule has 1 amide bonds. The second-order valence-corrected chi connectivity index (χ2v) is 6.60. The van der Waals surface area contributed by atoms with Crippen LogP contribution >= 0.6 is 0 Å². The molecule has 0 aliphatic carbocycles. The fraction of sp³-hybridized carbons (Fsp3) is 0.474. The molecular formula is C19H27N3O2. The van der Waals surface area contributed by atoms with Gasteiger partial charge in [-0.15, -0.1) is 0 Å². The molecule has 0 spiro atoms. The molecule has 1 heterocycles. The van der Waals surface area contributed by atoms with Crippen molar-refractivity contribution in [2.45, 2.75) is 33.1 Å². The van der Waals surface area contributed by atoms with Gasteiger partial charge in [-0.05, 0) is 49.2 Å². The van der Waals surface area contributed by atoms with Gasteiger partial charge in [0.1, 0.15) is 12.4 Å². The van der Waals surface area contributed by atoms with Crippen LogP contribution in [0.1, 0.15) is 32.3 Å². The molecule has 2 rings (SSSR count). The molecule has 5 heteroatoms. The van der Waals surface area contributed by atoms with E-state index >= 15 is 0 Å². The molecule has 1 N–H and O–H groups in total. The van der Waals surface area contributed by atoms with Gasteiger partial charge in [-0.1, -0.05) is 13.8 Å². The van der Waals surface area contributed by atoms with Gasteiger partial charge in [0, 0.05) is 31.9 Å². The number of hydrogen-bond acceptors (Lipinski definition) is 4. The van der Waals surface area contributed by atoms with E-state index in [4.69, 9.17) is 4.74 Å². The molecule has 1 aliphatic heterocycles. The summed E-state index contributed by atoms with van der Waals surface area (Å²) in [5.74, 6) is 1.53. The molecule has 0 aromatic heterocycles. The smallest absolute Gasteiger partial charge is 0.224 e. The zero-order valence-corrected chi connectivity index (χ0v) is 14.8. The standard InChI is InChI=1S/C19H27N3O2/c1-14(2)9-10-22(4)12-16(20-3)13-24-17-6-7-18-15(11-17)5-8-19(23)21-18/h6-7,11-12,14H,3,5,8-10,13H2,1-2,4H3,(H,21,23)/b16-12-. The first-order valence-corrected chi connectivity index (χ1v) is 8.41. The highest BCUT2D eigenvalue weighted by molar-refractivity contribution is 5.93. The molecule has 130 valence electrons. The number of carbonyl (C=O) groups excluding carboxylic acids is 1. The Morgan fingerprint density at radius 3 is 2.96 bits per heavy atom. The highest BCUT2D eigenvalue weighted by Gasteiger charge is 2.15. The van der Waals surface area contributed by atoms with Crippen molar-refractivity contribution in [2.75, 3.05) is 25.5 Å². The Bertz CT molecular complexity index is 623. The van der Waals surface area contributed by atoms with Crippen molar-refractivity contribution in [3.05, 3.63) is 35.7 Å². The summed E-state index contributed by atoms with van der Waals surface area (Å²) in [6, 6.07) is 5.74. The second kappa shape index (κ2) is 8.52. The normalized spacial score (nSPS) is 14.2. The van der Waals surface area contributed by atoms with Gasteiger partial charge < -0.3 is 15.0 Å². The molecule has 0 unspecified atom stereocenters. The van der Waals surface area contributed by atoms with Crippen molar-refractivity contribution < 1.29 is 9.53 Å². The van der Waals surface area contributed by atoms with Crippen LogP contribution in [0.2, 0.25) is 0 Å². The van der Waals surface area contributed by atoms with Crippen LogP contribution in [0.15, 0.2) is 35.1 Å². The van der Waals surface area contributed by atoms with Gasteiger partial charge in [0.05, 0.1) is 5.70 Å². The maximum atomic E-state index is 11.4. The molecule has 0 atom stereocenters. The van der Waals surface area contributed by atoms with Crippen LogP contribution < -0.4 is 10.1 Å². The molecule has 0 saturated heterocycles. The van der Waals surface area contributed by atoms with Crippen molar-refractivity contribution >= 4 is 18.3 Å². The van der Waals surface area contributed by atoms with E-state index in [1.807, 2.05) is 31.4 Å². The fourth-order valence-electron chi connectivity index (χ4n) is 2.51. The highest BCUT2D eigenvalue weighted by Crippen LogP contribution is 2.27. The zero-order chi connectivity index (χ0) is 17.5. The minimum Gasteiger partial charge on any atom is -0.487 e. The third-order valence-corrected chi connectivity index (χ3v) is 3.99. The maximum absolute atomic E-state index is 11.4. The molecule has 1 aromatic rings. The molecule has 1 aliphatic rings. The maximum Gasteiger partial charge on any atom is 0.224 e. The molecule has 0 radical (unpaired) electrons. The van der Waals surface area contributed by atoms with E-state index in [0.29, 0.717) is 18.9 Å². The van der Waals surface area contributed by atoms with Gasteiger partial charge in [0.2, 0.25) is 5.91 Å². The number of aliphatic imine (C=N–C) groups is 1. The number of aryl methyl sites for hydroxylation is 1. The molecule has 5 nitrogen and oxygen atoms in total. The van der Waals surface area contributed by atoms with E-state index in [1.54, 1.807) is 0 Å². The molecule has 0 bridgehead atoms. The van der Waals surface area contributed by atoms with Crippen LogP contribution in [0.5, 0.6) is 5.75 Å². The molecule has 0 fully saturated rings. The lowest BCUT2D eigenvalue weighted by Crippen LogP contribution is -2.19. The number of amides is 1. The Kier molecular flexibility index (Phi) is 6.41. The van der Waals surface area contributed by atoms with Gasteiger partial charge in [-0.25, -0.2) is 0 Å². The van der Waals surface area contributed by atoms with Gasteiger partial charge in [-0.2, -0.15) is 0 Å². The topological polar surface area (TPSA) is 53.9 Å². The number of ether oxygens (including phenoxy) is 1. The van der Waals surface area contributed by atoms with Crippen molar-refractivity contribution in [3.8, 4) is 5.75 Å². The van der Waals surface area contributed by atoms with Crippen molar-refractivity contribution in [3.63, 3.8) is 0 Å². The van der Waals surface area contributed by atoms with Crippen molar-refractivity contribution in [2.24, 2.45) is 10.9 Å². The van der Waals surface area contributed by atoms with Crippen molar-refractivity contribution in [1.82, 2.24) is 4.90 Å². The number of anilines is 1. The summed E-state index contributed by atoms with van der Waals surface area (Å²) in [5.41, 5.74) is 2.79. The second-order valence-electron chi connectivity index (χ2n) is 6.60. The lowest BCUT2D eigenvalue weighted by Gasteiger charge is -2.18. The first-order chi connectivity index (χ1) is 11.5. The quantitative estimate of drug-likeness (QED) is 0.743. The van der Waals surface area contributed by atoms with Crippen LogP contribution in [0.4, 0.5) is 5.69 Å². The predicted octanol–water partition coefficient (Wildman–Crippen LogP) is 3.47. The summed E-state index contributed by atoms with van der Waals surface area (Å²) < 4.78 is 5.84. The fourth-order valence-corrected chi connectivity index (χ4v) is 2.51. The Morgan fingerprint density at radius 1 is 1.46 bits per heavy atom. The van der Waals surface area contributed by atoms with E-state index in [0.717, 1.165) is 42.1 Å². The SMILES string of the molecule is C=N/C(=C\N(C)CCC(C)C)COc1ccc2c(c1)CCC(=O)N2. The lowest BCUT2D eigenvalue weighted by molar-refractivity contribution is -0.116.